The number of hydrogen-bond donors (Lipinski definition) is 0. The Bertz CT molecular complexity index is 1190. The highest BCUT2D eigenvalue weighted by Crippen LogP contribution is 2.30. The van der Waals surface area contributed by atoms with E-state index in [1.54, 1.807) is 59.7 Å². The third-order valence-corrected chi connectivity index (χ3v) is 4.22. The Hall–Kier alpha value is -4.04. The average Bonchev–Trinajstić information content (AvgIpc) is 2.75. The summed E-state index contributed by atoms with van der Waals surface area (Å²) in [4.78, 5) is 25.3. The normalized spacial score (nSPS) is 10.3. The van der Waals surface area contributed by atoms with Crippen molar-refractivity contribution < 1.29 is 0 Å². The molecule has 0 amide bonds. The molecule has 0 aliphatic rings. The van der Waals surface area contributed by atoms with Gasteiger partial charge in [-0.1, -0.05) is 30.3 Å². The van der Waals surface area contributed by atoms with Crippen molar-refractivity contribution in [3.63, 3.8) is 0 Å². The topological polar surface area (TPSA) is 52.1 Å². The molecule has 1 aromatic carbocycles. The van der Waals surface area contributed by atoms with Gasteiger partial charge in [-0.05, 0) is 35.9 Å². The van der Waals surface area contributed by atoms with Crippen LogP contribution in [0, 0.1) is 6.57 Å². The Morgan fingerprint density at radius 2 is 1.78 bits per heavy atom. The van der Waals surface area contributed by atoms with Gasteiger partial charge < -0.3 is 0 Å². The van der Waals surface area contributed by atoms with Crippen LogP contribution in [-0.2, 0) is 0 Å². The van der Waals surface area contributed by atoms with E-state index >= 15 is 0 Å². The second-order valence-electron chi connectivity index (χ2n) is 5.87. The van der Waals surface area contributed by atoms with Crippen molar-refractivity contribution in [3.8, 4) is 28.1 Å². The Kier molecular flexibility index (Phi) is 4.30. The first-order valence-corrected chi connectivity index (χ1v) is 8.33. The predicted molar refractivity (Wildman–Crippen MR) is 105 cm³/mol. The van der Waals surface area contributed by atoms with Crippen LogP contribution < -0.4 is 5.56 Å². The van der Waals surface area contributed by atoms with E-state index in [4.69, 9.17) is 6.57 Å². The summed E-state index contributed by atoms with van der Waals surface area (Å²) in [6.07, 6.45) is 6.76. The molecule has 5 nitrogen and oxygen atoms in total. The fourth-order valence-electron chi connectivity index (χ4n) is 2.94. The van der Waals surface area contributed by atoms with Crippen LogP contribution in [0.3, 0.4) is 0 Å². The van der Waals surface area contributed by atoms with Crippen LogP contribution in [0.4, 0.5) is 5.69 Å². The minimum atomic E-state index is -0.209. The lowest BCUT2D eigenvalue weighted by molar-refractivity contribution is 0.981. The van der Waals surface area contributed by atoms with Crippen molar-refractivity contribution in [3.05, 3.63) is 107 Å². The Morgan fingerprint density at radius 1 is 0.926 bits per heavy atom. The van der Waals surface area contributed by atoms with Gasteiger partial charge in [-0.15, -0.1) is 0 Å². The van der Waals surface area contributed by atoms with E-state index in [0.29, 0.717) is 22.5 Å². The molecule has 0 N–H and O–H groups in total. The molecule has 0 bridgehead atoms. The van der Waals surface area contributed by atoms with E-state index in [9.17, 15) is 4.79 Å². The van der Waals surface area contributed by atoms with Gasteiger partial charge in [0.1, 0.15) is 0 Å². The van der Waals surface area contributed by atoms with Crippen LogP contribution in [0.25, 0.3) is 32.9 Å². The molecule has 0 saturated heterocycles. The molecular weight excluding hydrogens is 336 g/mol. The third kappa shape index (κ3) is 3.12. The number of nitrogens with zero attached hydrogens (tertiary/aromatic N) is 4. The fourth-order valence-corrected chi connectivity index (χ4v) is 2.94. The van der Waals surface area contributed by atoms with Crippen molar-refractivity contribution in [2.24, 2.45) is 0 Å². The molecule has 128 valence electrons. The molecule has 0 radical (unpaired) electrons. The monoisotopic (exact) mass is 350 g/mol. The van der Waals surface area contributed by atoms with E-state index in [0.717, 1.165) is 11.3 Å². The number of pyridine rings is 3. The van der Waals surface area contributed by atoms with Gasteiger partial charge >= 0.3 is 0 Å². The van der Waals surface area contributed by atoms with Gasteiger partial charge in [0.15, 0.2) is 5.69 Å². The van der Waals surface area contributed by atoms with E-state index in [1.165, 1.54) is 0 Å². The predicted octanol–water partition coefficient (Wildman–Crippen LogP) is 4.51. The third-order valence-electron chi connectivity index (χ3n) is 4.22. The zero-order valence-electron chi connectivity index (χ0n) is 14.3. The minimum absolute atomic E-state index is 0.209. The zero-order valence-corrected chi connectivity index (χ0v) is 14.3. The lowest BCUT2D eigenvalue weighted by atomic mass is 10.0. The Morgan fingerprint density at radius 3 is 2.52 bits per heavy atom. The molecule has 0 fully saturated rings. The number of benzene rings is 1. The lowest BCUT2D eigenvalue weighted by Gasteiger charge is -2.12. The summed E-state index contributed by atoms with van der Waals surface area (Å²) in [5.41, 5.74) is 3.47. The second kappa shape index (κ2) is 7.06. The number of para-hydroxylation sites is 1. The van der Waals surface area contributed by atoms with Crippen molar-refractivity contribution in [2.45, 2.75) is 0 Å². The molecule has 3 heterocycles. The highest BCUT2D eigenvalue weighted by Gasteiger charge is 2.14. The summed E-state index contributed by atoms with van der Waals surface area (Å²) in [7, 11) is 0. The smallest absolute Gasteiger partial charge is 0.261 e. The molecule has 27 heavy (non-hydrogen) atoms. The second-order valence-corrected chi connectivity index (χ2v) is 5.87. The highest BCUT2D eigenvalue weighted by molar-refractivity contribution is 5.80. The van der Waals surface area contributed by atoms with Crippen molar-refractivity contribution in [1.82, 2.24) is 14.5 Å². The number of aromatic nitrogens is 3. The quantitative estimate of drug-likeness (QED) is 0.511. The molecular formula is C22H14N4O. The van der Waals surface area contributed by atoms with Gasteiger partial charge in [0.25, 0.3) is 5.56 Å². The summed E-state index contributed by atoms with van der Waals surface area (Å²) < 4.78 is 1.55. The minimum Gasteiger partial charge on any atom is -0.282 e. The lowest BCUT2D eigenvalue weighted by Crippen LogP contribution is -2.20. The molecule has 0 spiro atoms. The Labute approximate surface area is 156 Å². The van der Waals surface area contributed by atoms with Gasteiger partial charge in [0.05, 0.1) is 24.2 Å². The molecule has 0 unspecified atom stereocenters. The van der Waals surface area contributed by atoms with Crippen molar-refractivity contribution in [1.29, 1.82) is 0 Å². The van der Waals surface area contributed by atoms with Crippen LogP contribution in [-0.4, -0.2) is 14.5 Å². The standard InChI is InChI=1S/C22H14N4O/c1-23-21-10-3-2-8-18(21)19-13-16(20-9-4-5-12-25-20)15-26(22(19)27)17-7-6-11-24-14-17/h2-15H. The van der Waals surface area contributed by atoms with Crippen LogP contribution >= 0.6 is 0 Å². The summed E-state index contributed by atoms with van der Waals surface area (Å²) in [5, 5.41) is 0. The molecule has 3 aromatic heterocycles. The summed E-state index contributed by atoms with van der Waals surface area (Å²) in [6, 6.07) is 18.1. The van der Waals surface area contributed by atoms with Gasteiger partial charge in [-0.25, -0.2) is 4.85 Å². The van der Waals surface area contributed by atoms with Crippen molar-refractivity contribution in [2.75, 3.05) is 0 Å². The number of rotatable bonds is 3. The average molecular weight is 350 g/mol. The maximum absolute atomic E-state index is 13.2. The van der Waals surface area contributed by atoms with E-state index < -0.39 is 0 Å². The molecule has 0 aliphatic carbocycles. The first kappa shape index (κ1) is 16.4. The maximum atomic E-state index is 13.2. The maximum Gasteiger partial charge on any atom is 0.261 e. The summed E-state index contributed by atoms with van der Waals surface area (Å²) >= 11 is 0. The van der Waals surface area contributed by atoms with Gasteiger partial charge in [-0.2, -0.15) is 0 Å². The van der Waals surface area contributed by atoms with E-state index in [2.05, 4.69) is 14.8 Å². The van der Waals surface area contributed by atoms with Gasteiger partial charge in [0.2, 0.25) is 0 Å². The molecule has 4 aromatic rings. The van der Waals surface area contributed by atoms with Crippen LogP contribution in [0.1, 0.15) is 0 Å². The zero-order chi connectivity index (χ0) is 18.6. The van der Waals surface area contributed by atoms with Crippen molar-refractivity contribution >= 4 is 5.69 Å². The summed E-state index contributed by atoms with van der Waals surface area (Å²) in [5.74, 6) is 0. The molecule has 5 heteroatoms. The van der Waals surface area contributed by atoms with Gasteiger partial charge in [-0.3, -0.25) is 19.3 Å². The van der Waals surface area contributed by atoms with Gasteiger partial charge in [0, 0.05) is 29.7 Å². The largest absolute Gasteiger partial charge is 0.282 e. The summed E-state index contributed by atoms with van der Waals surface area (Å²) in [6.45, 7) is 7.43. The first-order valence-electron chi connectivity index (χ1n) is 8.33. The highest BCUT2D eigenvalue weighted by atomic mass is 16.1. The molecule has 0 atom stereocenters. The number of hydrogen-bond acceptors (Lipinski definition) is 3. The van der Waals surface area contributed by atoms with Crippen LogP contribution in [0.15, 0.2) is 90.2 Å². The first-order chi connectivity index (χ1) is 13.3. The SMILES string of the molecule is [C-]#[N+]c1ccccc1-c1cc(-c2ccccn2)cn(-c2cccnc2)c1=O. The molecule has 0 aliphatic heterocycles. The fraction of sp³-hybridized carbons (Fsp3) is 0. The Balaban J connectivity index is 2.04. The van der Waals surface area contributed by atoms with E-state index in [1.807, 2.05) is 30.3 Å². The molecule has 0 saturated carbocycles. The van der Waals surface area contributed by atoms with Crippen LogP contribution in [0.5, 0.6) is 0 Å². The molecule has 4 rings (SSSR count). The van der Waals surface area contributed by atoms with E-state index in [-0.39, 0.29) is 5.56 Å². The van der Waals surface area contributed by atoms with Crippen LogP contribution in [0.2, 0.25) is 0 Å².